The molecule has 0 bridgehead atoms. The maximum Gasteiger partial charge on any atom is 0.147 e. The summed E-state index contributed by atoms with van der Waals surface area (Å²) in [6, 6.07) is 5.87. The van der Waals surface area contributed by atoms with Crippen molar-refractivity contribution < 1.29 is 9.47 Å². The molecule has 1 atom stereocenters. The lowest BCUT2D eigenvalue weighted by molar-refractivity contribution is -0.133. The van der Waals surface area contributed by atoms with E-state index in [9.17, 15) is 0 Å². The largest absolute Gasteiger partial charge is 0.382 e. The number of benzene rings is 1. The Kier molecular flexibility index (Phi) is 4.04. The molecule has 88 valence electrons. The van der Waals surface area contributed by atoms with Gasteiger partial charge < -0.3 is 14.8 Å². The monoisotopic (exact) mass is 241 g/mol. The molecule has 1 aromatic carbocycles. The van der Waals surface area contributed by atoms with Crippen molar-refractivity contribution in [2.75, 3.05) is 25.3 Å². The highest BCUT2D eigenvalue weighted by atomic mass is 35.5. The number of hydrogen-bond donors (Lipinski definition) is 1. The third-order valence-electron chi connectivity index (χ3n) is 2.76. The van der Waals surface area contributed by atoms with Gasteiger partial charge in [-0.1, -0.05) is 17.7 Å². The van der Waals surface area contributed by atoms with Crippen LogP contribution in [0.4, 0.5) is 5.69 Å². The summed E-state index contributed by atoms with van der Waals surface area (Å²) in [7, 11) is 0. The molecule has 0 saturated carbocycles. The predicted molar refractivity (Wildman–Crippen MR) is 65.0 cm³/mol. The highest BCUT2D eigenvalue weighted by molar-refractivity contribution is 6.31. The van der Waals surface area contributed by atoms with Gasteiger partial charge in [0.2, 0.25) is 0 Å². The minimum Gasteiger partial charge on any atom is -0.382 e. The van der Waals surface area contributed by atoms with Crippen molar-refractivity contribution >= 4 is 17.3 Å². The van der Waals surface area contributed by atoms with E-state index in [0.717, 1.165) is 35.8 Å². The summed E-state index contributed by atoms with van der Waals surface area (Å²) >= 11 is 6.04. The zero-order valence-corrected chi connectivity index (χ0v) is 10.1. The van der Waals surface area contributed by atoms with Crippen molar-refractivity contribution in [3.63, 3.8) is 0 Å². The number of nitrogens with one attached hydrogen (secondary N) is 1. The fraction of sp³-hybridized carbons (Fsp3) is 0.500. The highest BCUT2D eigenvalue weighted by Crippen LogP contribution is 2.23. The summed E-state index contributed by atoms with van der Waals surface area (Å²) in [6.45, 7) is 3.99. The summed E-state index contributed by atoms with van der Waals surface area (Å²) in [5.74, 6) is 0. The molecule has 1 aliphatic rings. The quantitative estimate of drug-likeness (QED) is 0.883. The molecule has 1 N–H and O–H groups in total. The lowest BCUT2D eigenvalue weighted by atomic mass is 10.2. The molecule has 0 spiro atoms. The van der Waals surface area contributed by atoms with Crippen LogP contribution in [0, 0.1) is 6.92 Å². The van der Waals surface area contributed by atoms with E-state index >= 15 is 0 Å². The molecule has 1 unspecified atom stereocenters. The van der Waals surface area contributed by atoms with Crippen LogP contribution in [0.15, 0.2) is 18.2 Å². The fourth-order valence-corrected chi connectivity index (χ4v) is 1.86. The molecule has 1 saturated heterocycles. The molecule has 2 rings (SSSR count). The Morgan fingerprint density at radius 1 is 1.50 bits per heavy atom. The van der Waals surface area contributed by atoms with E-state index in [1.54, 1.807) is 0 Å². The first-order valence-electron chi connectivity index (χ1n) is 5.45. The van der Waals surface area contributed by atoms with Gasteiger partial charge in [-0.25, -0.2) is 0 Å². The first kappa shape index (κ1) is 11.7. The summed E-state index contributed by atoms with van der Waals surface area (Å²) in [5, 5.41) is 4.15. The topological polar surface area (TPSA) is 30.5 Å². The maximum absolute atomic E-state index is 6.04. The van der Waals surface area contributed by atoms with Crippen LogP contribution >= 0.6 is 11.6 Å². The van der Waals surface area contributed by atoms with E-state index in [1.165, 1.54) is 0 Å². The van der Waals surface area contributed by atoms with E-state index < -0.39 is 0 Å². The lowest BCUT2D eigenvalue weighted by Crippen LogP contribution is -2.30. The van der Waals surface area contributed by atoms with Gasteiger partial charge in [-0.05, 0) is 31.0 Å². The number of anilines is 1. The Balaban J connectivity index is 1.91. The van der Waals surface area contributed by atoms with Gasteiger partial charge >= 0.3 is 0 Å². The number of ether oxygens (including phenoxy) is 2. The molecule has 1 aromatic rings. The van der Waals surface area contributed by atoms with Crippen LogP contribution in [0.2, 0.25) is 5.02 Å². The predicted octanol–water partition coefficient (Wildman–Crippen LogP) is 2.82. The van der Waals surface area contributed by atoms with Gasteiger partial charge in [0.05, 0.1) is 12.7 Å². The Morgan fingerprint density at radius 3 is 3.12 bits per heavy atom. The summed E-state index contributed by atoms with van der Waals surface area (Å²) in [5.41, 5.74) is 2.15. The molecular weight excluding hydrogens is 226 g/mol. The molecular formula is C12H16ClNO2. The minimum atomic E-state index is 0.229. The van der Waals surface area contributed by atoms with Gasteiger partial charge in [0.15, 0.2) is 0 Å². The third-order valence-corrected chi connectivity index (χ3v) is 3.17. The van der Waals surface area contributed by atoms with E-state index in [1.807, 2.05) is 25.1 Å². The summed E-state index contributed by atoms with van der Waals surface area (Å²) in [4.78, 5) is 0. The fourth-order valence-electron chi connectivity index (χ4n) is 1.69. The van der Waals surface area contributed by atoms with Crippen molar-refractivity contribution in [3.8, 4) is 0 Å². The number of hydrogen-bond acceptors (Lipinski definition) is 3. The highest BCUT2D eigenvalue weighted by Gasteiger charge is 2.14. The van der Waals surface area contributed by atoms with Crippen LogP contribution in [-0.2, 0) is 9.47 Å². The van der Waals surface area contributed by atoms with Crippen LogP contribution in [0.1, 0.15) is 12.0 Å². The van der Waals surface area contributed by atoms with Crippen molar-refractivity contribution in [1.29, 1.82) is 0 Å². The average molecular weight is 242 g/mol. The van der Waals surface area contributed by atoms with E-state index in [-0.39, 0.29) is 6.10 Å². The van der Waals surface area contributed by atoms with Crippen LogP contribution in [0.5, 0.6) is 0 Å². The van der Waals surface area contributed by atoms with Gasteiger partial charge in [-0.15, -0.1) is 0 Å². The first-order chi connectivity index (χ1) is 7.77. The van der Waals surface area contributed by atoms with Gasteiger partial charge in [0.1, 0.15) is 6.79 Å². The summed E-state index contributed by atoms with van der Waals surface area (Å²) < 4.78 is 10.6. The SMILES string of the molecule is Cc1c(Cl)cccc1NCC1CCOCO1. The number of rotatable bonds is 3. The van der Waals surface area contributed by atoms with Crippen LogP contribution in [-0.4, -0.2) is 26.0 Å². The van der Waals surface area contributed by atoms with Gasteiger partial charge in [0, 0.05) is 17.3 Å². The Bertz CT molecular complexity index is 351. The van der Waals surface area contributed by atoms with Gasteiger partial charge in [-0.2, -0.15) is 0 Å². The average Bonchev–Trinajstić information content (AvgIpc) is 2.32. The standard InChI is InChI=1S/C12H16ClNO2/c1-9-11(13)3-2-4-12(9)14-7-10-5-6-15-8-16-10/h2-4,10,14H,5-8H2,1H3. The number of halogens is 1. The van der Waals surface area contributed by atoms with E-state index in [0.29, 0.717) is 6.79 Å². The maximum atomic E-state index is 6.04. The van der Waals surface area contributed by atoms with Crippen LogP contribution in [0.3, 0.4) is 0 Å². The zero-order valence-electron chi connectivity index (χ0n) is 9.33. The molecule has 1 aliphatic heterocycles. The molecule has 0 amide bonds. The Morgan fingerprint density at radius 2 is 2.38 bits per heavy atom. The third kappa shape index (κ3) is 2.88. The van der Waals surface area contributed by atoms with Crippen molar-refractivity contribution in [2.45, 2.75) is 19.4 Å². The second-order valence-electron chi connectivity index (χ2n) is 3.90. The molecule has 1 heterocycles. The second kappa shape index (κ2) is 5.53. The minimum absolute atomic E-state index is 0.229. The lowest BCUT2D eigenvalue weighted by Gasteiger charge is -2.23. The van der Waals surface area contributed by atoms with Crippen molar-refractivity contribution in [1.82, 2.24) is 0 Å². The molecule has 0 aromatic heterocycles. The molecule has 1 fully saturated rings. The molecule has 0 radical (unpaired) electrons. The smallest absolute Gasteiger partial charge is 0.147 e. The molecule has 4 heteroatoms. The molecule has 0 aliphatic carbocycles. The summed E-state index contributed by atoms with van der Waals surface area (Å²) in [6.07, 6.45) is 1.17. The van der Waals surface area contributed by atoms with Gasteiger partial charge in [-0.3, -0.25) is 0 Å². The zero-order chi connectivity index (χ0) is 11.4. The van der Waals surface area contributed by atoms with Crippen LogP contribution < -0.4 is 5.32 Å². The van der Waals surface area contributed by atoms with Crippen LogP contribution in [0.25, 0.3) is 0 Å². The van der Waals surface area contributed by atoms with Crippen molar-refractivity contribution in [3.05, 3.63) is 28.8 Å². The second-order valence-corrected chi connectivity index (χ2v) is 4.30. The first-order valence-corrected chi connectivity index (χ1v) is 5.83. The Hall–Kier alpha value is -0.770. The molecule has 3 nitrogen and oxygen atoms in total. The van der Waals surface area contributed by atoms with Gasteiger partial charge in [0.25, 0.3) is 0 Å². The normalized spacial score (nSPS) is 20.8. The molecule has 16 heavy (non-hydrogen) atoms. The Labute approximate surface area is 101 Å². The van der Waals surface area contributed by atoms with Crippen molar-refractivity contribution in [2.24, 2.45) is 0 Å². The van der Waals surface area contributed by atoms with E-state index in [4.69, 9.17) is 21.1 Å². The van der Waals surface area contributed by atoms with E-state index in [2.05, 4.69) is 5.32 Å².